The van der Waals surface area contributed by atoms with Crippen LogP contribution in [0, 0.1) is 5.92 Å². The zero-order chi connectivity index (χ0) is 22.1. The lowest BCUT2D eigenvalue weighted by molar-refractivity contribution is -0.378. The van der Waals surface area contributed by atoms with Gasteiger partial charge in [0.25, 0.3) is 0 Å². The third kappa shape index (κ3) is 3.88. The van der Waals surface area contributed by atoms with Crippen molar-refractivity contribution in [2.75, 3.05) is 0 Å². The predicted molar refractivity (Wildman–Crippen MR) is 120 cm³/mol. The van der Waals surface area contributed by atoms with Crippen LogP contribution in [0.1, 0.15) is 62.0 Å². The molecule has 2 aliphatic carbocycles. The number of esters is 1. The molecule has 2 heterocycles. The van der Waals surface area contributed by atoms with Gasteiger partial charge < -0.3 is 10.1 Å². The molecule has 5 rings (SSSR count). The van der Waals surface area contributed by atoms with Gasteiger partial charge in [0.15, 0.2) is 12.4 Å². The van der Waals surface area contributed by atoms with Crippen LogP contribution in [0.15, 0.2) is 77.9 Å². The van der Waals surface area contributed by atoms with Crippen molar-refractivity contribution in [2.24, 2.45) is 5.92 Å². The summed E-state index contributed by atoms with van der Waals surface area (Å²) in [6, 6.07) is 14.0. The van der Waals surface area contributed by atoms with Crippen LogP contribution in [0.5, 0.6) is 0 Å². The van der Waals surface area contributed by atoms with E-state index in [4.69, 9.17) is 4.74 Å². The third-order valence-electron chi connectivity index (χ3n) is 6.98. The van der Waals surface area contributed by atoms with Crippen molar-refractivity contribution in [3.63, 3.8) is 0 Å². The number of rotatable bonds is 4. The number of allylic oxidation sites excluding steroid dienone is 3. The molecule has 164 valence electrons. The fourth-order valence-corrected chi connectivity index (χ4v) is 5.44. The molecule has 32 heavy (non-hydrogen) atoms. The topological polar surface area (TPSA) is 69.5 Å². The molecule has 1 aliphatic heterocycles. The highest BCUT2D eigenvalue weighted by Gasteiger charge is 2.46. The summed E-state index contributed by atoms with van der Waals surface area (Å²) < 4.78 is 5.90. The van der Waals surface area contributed by atoms with Crippen molar-refractivity contribution in [1.82, 2.24) is 5.32 Å². The Balaban J connectivity index is 1.56. The molecule has 1 fully saturated rings. The minimum absolute atomic E-state index is 0.0211. The average Bonchev–Trinajstić information content (AvgIpc) is 3.32. The lowest BCUT2D eigenvalue weighted by atomic mass is 9.69. The number of fused-ring (bicyclic) bond motifs is 1. The predicted octanol–water partition coefficient (Wildman–Crippen LogP) is 4.20. The van der Waals surface area contributed by atoms with Gasteiger partial charge in [0.1, 0.15) is 11.9 Å². The second-order valence-corrected chi connectivity index (χ2v) is 9.08. The maximum absolute atomic E-state index is 13.5. The summed E-state index contributed by atoms with van der Waals surface area (Å²) in [5.74, 6) is -0.895. The molecule has 5 heteroatoms. The quantitative estimate of drug-likeness (QED) is 0.740. The first kappa shape index (κ1) is 20.7. The first-order chi connectivity index (χ1) is 15.6. The van der Waals surface area contributed by atoms with E-state index >= 15 is 0 Å². The first-order valence-electron chi connectivity index (χ1n) is 11.6. The molecule has 1 aromatic heterocycles. The molecular weight excluding hydrogens is 400 g/mol. The number of Topliss-reactive ketones (excluding diaryl/α,β-unsaturated/α-hetero) is 1. The molecule has 5 nitrogen and oxygen atoms in total. The highest BCUT2D eigenvalue weighted by molar-refractivity contribution is 5.96. The number of aromatic amines is 1. The molecule has 0 radical (unpaired) electrons. The monoisotopic (exact) mass is 429 g/mol. The number of aromatic nitrogens is 1. The molecule has 2 aromatic rings. The van der Waals surface area contributed by atoms with E-state index in [0.717, 1.165) is 48.2 Å². The number of ether oxygens (including phenoxy) is 1. The Bertz CT molecular complexity index is 1070. The van der Waals surface area contributed by atoms with Gasteiger partial charge in [0, 0.05) is 41.3 Å². The lowest BCUT2D eigenvalue weighted by Gasteiger charge is -2.39. The molecule has 1 saturated carbocycles. The van der Waals surface area contributed by atoms with Crippen LogP contribution in [0.2, 0.25) is 0 Å². The maximum atomic E-state index is 13.5. The fourth-order valence-electron chi connectivity index (χ4n) is 5.44. The van der Waals surface area contributed by atoms with Gasteiger partial charge in [-0.2, -0.15) is 0 Å². The van der Waals surface area contributed by atoms with E-state index in [0.29, 0.717) is 12.0 Å². The van der Waals surface area contributed by atoms with Gasteiger partial charge >= 0.3 is 5.97 Å². The summed E-state index contributed by atoms with van der Waals surface area (Å²) in [5.41, 5.74) is 4.29. The number of hydrogen-bond acceptors (Lipinski definition) is 4. The highest BCUT2D eigenvalue weighted by atomic mass is 16.5. The summed E-state index contributed by atoms with van der Waals surface area (Å²) in [6.45, 7) is 1.92. The number of nitrogens with one attached hydrogen (secondary N) is 2. The van der Waals surface area contributed by atoms with Gasteiger partial charge in [-0.3, -0.25) is 4.79 Å². The van der Waals surface area contributed by atoms with Crippen molar-refractivity contribution >= 4 is 11.8 Å². The first-order valence-corrected chi connectivity index (χ1v) is 11.6. The molecule has 2 N–H and O–H groups in total. The third-order valence-corrected chi connectivity index (χ3v) is 6.98. The summed E-state index contributed by atoms with van der Waals surface area (Å²) >= 11 is 0. The number of hydrogen-bond donors (Lipinski definition) is 1. The van der Waals surface area contributed by atoms with Crippen molar-refractivity contribution in [3.8, 4) is 0 Å². The van der Waals surface area contributed by atoms with E-state index in [9.17, 15) is 9.59 Å². The normalized spacial score (nSPS) is 25.7. The van der Waals surface area contributed by atoms with E-state index in [1.165, 1.54) is 0 Å². The summed E-state index contributed by atoms with van der Waals surface area (Å²) in [6.07, 6.45) is 10.3. The number of pyridine rings is 1. The van der Waals surface area contributed by atoms with Crippen molar-refractivity contribution in [1.29, 1.82) is 0 Å². The highest BCUT2D eigenvalue weighted by Crippen LogP contribution is 2.46. The number of ketones is 1. The minimum Gasteiger partial charge on any atom is -0.459 e. The van der Waals surface area contributed by atoms with Gasteiger partial charge in [-0.15, -0.1) is 0 Å². The van der Waals surface area contributed by atoms with E-state index in [-0.39, 0.29) is 29.7 Å². The molecule has 0 saturated heterocycles. The number of benzene rings is 1. The largest absolute Gasteiger partial charge is 0.459 e. The van der Waals surface area contributed by atoms with Crippen LogP contribution in [-0.2, 0) is 14.3 Å². The Labute approximate surface area is 188 Å². The standard InChI is InChI=1S/C27H28N2O3/c1-17-24(27(31)32-21-11-5-6-12-21)25(19-10-7-13-28-16-19)26-22(29-17)14-20(15-23(26)30)18-8-3-2-4-9-18/h2-4,7-10,13-14,16,20-21,25-26,29H,5-6,11-12,15H2,1H3/p+1. The summed E-state index contributed by atoms with van der Waals surface area (Å²) in [7, 11) is 0. The van der Waals surface area contributed by atoms with Crippen LogP contribution < -0.4 is 10.3 Å². The van der Waals surface area contributed by atoms with Crippen molar-refractivity contribution in [3.05, 3.63) is 89.0 Å². The van der Waals surface area contributed by atoms with Crippen LogP contribution in [0.25, 0.3) is 0 Å². The van der Waals surface area contributed by atoms with Gasteiger partial charge in [0.05, 0.1) is 11.5 Å². The lowest BCUT2D eigenvalue weighted by Crippen LogP contribution is -2.42. The van der Waals surface area contributed by atoms with Crippen LogP contribution in [0.4, 0.5) is 0 Å². The molecule has 0 amide bonds. The molecule has 3 atom stereocenters. The fraction of sp³-hybridized carbons (Fsp3) is 0.370. The van der Waals surface area contributed by atoms with Gasteiger partial charge in [-0.1, -0.05) is 36.4 Å². The van der Waals surface area contributed by atoms with E-state index < -0.39 is 5.92 Å². The second kappa shape index (κ2) is 8.73. The van der Waals surface area contributed by atoms with E-state index in [1.807, 2.05) is 49.6 Å². The second-order valence-electron chi connectivity index (χ2n) is 9.08. The Kier molecular flexibility index (Phi) is 5.64. The SMILES string of the molecule is CC1=C(C(=O)OC2CCCC2)C(c2ccc[nH+]c2)C2C(=O)CC(c3ccccc3)C=C2N1. The van der Waals surface area contributed by atoms with Crippen molar-refractivity contribution in [2.45, 2.75) is 57.0 Å². The molecule has 3 aliphatic rings. The van der Waals surface area contributed by atoms with E-state index in [1.54, 1.807) is 0 Å². The Morgan fingerprint density at radius 2 is 1.78 bits per heavy atom. The molecule has 1 aromatic carbocycles. The maximum Gasteiger partial charge on any atom is 0.336 e. The number of H-pyrrole nitrogens is 1. The number of carbonyl (C=O) groups is 2. The summed E-state index contributed by atoms with van der Waals surface area (Å²) in [5, 5.41) is 3.41. The summed E-state index contributed by atoms with van der Waals surface area (Å²) in [4.78, 5) is 30.0. The minimum atomic E-state index is -0.416. The van der Waals surface area contributed by atoms with Crippen LogP contribution in [-0.4, -0.2) is 17.9 Å². The van der Waals surface area contributed by atoms with E-state index in [2.05, 4.69) is 28.5 Å². The van der Waals surface area contributed by atoms with Crippen molar-refractivity contribution < 1.29 is 19.3 Å². The Hall–Kier alpha value is -3.21. The molecule has 0 spiro atoms. The molecular formula is C27H29N2O3+. The van der Waals surface area contributed by atoms with Gasteiger partial charge in [0.2, 0.25) is 0 Å². The Morgan fingerprint density at radius 3 is 2.50 bits per heavy atom. The molecule has 0 bridgehead atoms. The Morgan fingerprint density at radius 1 is 1.03 bits per heavy atom. The molecule has 3 unspecified atom stereocenters. The van der Waals surface area contributed by atoms with Crippen LogP contribution in [0.3, 0.4) is 0 Å². The zero-order valence-electron chi connectivity index (χ0n) is 18.3. The smallest absolute Gasteiger partial charge is 0.336 e. The average molecular weight is 430 g/mol. The number of carbonyl (C=O) groups excluding carboxylic acids is 2. The van der Waals surface area contributed by atoms with Gasteiger partial charge in [-0.25, -0.2) is 9.78 Å². The zero-order valence-corrected chi connectivity index (χ0v) is 18.3. The van der Waals surface area contributed by atoms with Gasteiger partial charge in [-0.05, 0) is 44.2 Å². The van der Waals surface area contributed by atoms with Crippen LogP contribution >= 0.6 is 0 Å².